The summed E-state index contributed by atoms with van der Waals surface area (Å²) in [6.07, 6.45) is 5.19. The fourth-order valence-corrected chi connectivity index (χ4v) is 1.16. The van der Waals surface area contributed by atoms with Crippen LogP contribution in [0.2, 0.25) is 0 Å². The highest BCUT2D eigenvalue weighted by Crippen LogP contribution is 2.22. The quantitative estimate of drug-likeness (QED) is 0.770. The summed E-state index contributed by atoms with van der Waals surface area (Å²) in [4.78, 5) is 7.96. The SMILES string of the molecule is CCC(C)(CC)Nc1ncncc1N. The number of hydrogen-bond donors (Lipinski definition) is 2. The fraction of sp³-hybridized carbons (Fsp3) is 0.600. The molecular weight excluding hydrogens is 176 g/mol. The van der Waals surface area contributed by atoms with Crippen molar-refractivity contribution in [3.05, 3.63) is 12.5 Å². The predicted octanol–water partition coefficient (Wildman–Crippen LogP) is 2.05. The molecule has 14 heavy (non-hydrogen) atoms. The third kappa shape index (κ3) is 2.34. The summed E-state index contributed by atoms with van der Waals surface area (Å²) in [6.45, 7) is 6.45. The van der Waals surface area contributed by atoms with Crippen LogP contribution in [-0.4, -0.2) is 15.5 Å². The van der Waals surface area contributed by atoms with Gasteiger partial charge in [0.05, 0.1) is 11.9 Å². The number of nitrogens with two attached hydrogens (primary N) is 1. The first-order valence-corrected chi connectivity index (χ1v) is 4.95. The third-order valence-electron chi connectivity index (χ3n) is 2.72. The maximum Gasteiger partial charge on any atom is 0.153 e. The van der Waals surface area contributed by atoms with Gasteiger partial charge in [0.25, 0.3) is 0 Å². The third-order valence-corrected chi connectivity index (χ3v) is 2.72. The summed E-state index contributed by atoms with van der Waals surface area (Å²) in [5, 5.41) is 3.35. The summed E-state index contributed by atoms with van der Waals surface area (Å²) >= 11 is 0. The number of nitrogen functional groups attached to an aromatic ring is 1. The van der Waals surface area contributed by atoms with Gasteiger partial charge in [-0.3, -0.25) is 0 Å². The average molecular weight is 194 g/mol. The highest BCUT2D eigenvalue weighted by Gasteiger charge is 2.20. The van der Waals surface area contributed by atoms with Crippen molar-refractivity contribution in [3.8, 4) is 0 Å². The normalized spacial score (nSPS) is 11.4. The zero-order chi connectivity index (χ0) is 10.6. The second-order valence-corrected chi connectivity index (χ2v) is 3.72. The van der Waals surface area contributed by atoms with E-state index in [9.17, 15) is 0 Å². The van der Waals surface area contributed by atoms with Crippen LogP contribution in [0.4, 0.5) is 11.5 Å². The fourth-order valence-electron chi connectivity index (χ4n) is 1.16. The molecule has 0 aliphatic heterocycles. The van der Waals surface area contributed by atoms with Crippen molar-refractivity contribution in [2.24, 2.45) is 0 Å². The largest absolute Gasteiger partial charge is 0.394 e. The lowest BCUT2D eigenvalue weighted by Crippen LogP contribution is -2.33. The van der Waals surface area contributed by atoms with Gasteiger partial charge in [0.2, 0.25) is 0 Å². The lowest BCUT2D eigenvalue weighted by Gasteiger charge is -2.29. The number of nitrogens with zero attached hydrogens (tertiary/aromatic N) is 2. The molecule has 0 aliphatic carbocycles. The van der Waals surface area contributed by atoms with E-state index in [-0.39, 0.29) is 5.54 Å². The Morgan fingerprint density at radius 1 is 1.43 bits per heavy atom. The van der Waals surface area contributed by atoms with Crippen molar-refractivity contribution in [3.63, 3.8) is 0 Å². The topological polar surface area (TPSA) is 63.8 Å². The van der Waals surface area contributed by atoms with Crippen LogP contribution in [0.5, 0.6) is 0 Å². The number of anilines is 2. The predicted molar refractivity (Wildman–Crippen MR) is 59.1 cm³/mol. The molecule has 1 rings (SSSR count). The Bertz CT molecular complexity index is 294. The maximum absolute atomic E-state index is 5.75. The van der Waals surface area contributed by atoms with Gasteiger partial charge in [-0.05, 0) is 19.8 Å². The maximum atomic E-state index is 5.75. The standard InChI is InChI=1S/C10H18N4/c1-4-10(3,5-2)14-9-8(11)6-12-7-13-9/h6-7H,4-5,11H2,1-3H3,(H,12,13,14). The minimum atomic E-state index is 0.0580. The minimum Gasteiger partial charge on any atom is -0.394 e. The summed E-state index contributed by atoms with van der Waals surface area (Å²) in [5.74, 6) is 0.728. The van der Waals surface area contributed by atoms with Gasteiger partial charge in [0.15, 0.2) is 5.82 Å². The van der Waals surface area contributed by atoms with Crippen molar-refractivity contribution in [2.45, 2.75) is 39.2 Å². The molecule has 0 unspecified atom stereocenters. The molecule has 1 aromatic rings. The lowest BCUT2D eigenvalue weighted by atomic mass is 9.95. The van der Waals surface area contributed by atoms with Crippen LogP contribution in [0.1, 0.15) is 33.6 Å². The molecule has 4 nitrogen and oxygen atoms in total. The van der Waals surface area contributed by atoms with Crippen molar-refractivity contribution in [2.75, 3.05) is 11.1 Å². The summed E-state index contributed by atoms with van der Waals surface area (Å²) in [7, 11) is 0. The number of rotatable bonds is 4. The Balaban J connectivity index is 2.82. The number of hydrogen-bond acceptors (Lipinski definition) is 4. The second kappa shape index (κ2) is 4.26. The zero-order valence-corrected chi connectivity index (χ0v) is 9.04. The Hall–Kier alpha value is -1.32. The number of aromatic nitrogens is 2. The molecule has 0 atom stereocenters. The molecule has 1 heterocycles. The first-order chi connectivity index (χ1) is 6.61. The first kappa shape index (κ1) is 10.8. The highest BCUT2D eigenvalue weighted by molar-refractivity contribution is 5.60. The van der Waals surface area contributed by atoms with Gasteiger partial charge in [-0.2, -0.15) is 0 Å². The molecule has 4 heteroatoms. The summed E-state index contributed by atoms with van der Waals surface area (Å²) in [6, 6.07) is 0. The summed E-state index contributed by atoms with van der Waals surface area (Å²) in [5.41, 5.74) is 6.41. The van der Waals surface area contributed by atoms with E-state index < -0.39 is 0 Å². The minimum absolute atomic E-state index is 0.0580. The van der Waals surface area contributed by atoms with Crippen molar-refractivity contribution >= 4 is 11.5 Å². The molecule has 0 aromatic carbocycles. The Morgan fingerprint density at radius 3 is 2.57 bits per heavy atom. The lowest BCUT2D eigenvalue weighted by molar-refractivity contribution is 0.477. The zero-order valence-electron chi connectivity index (χ0n) is 9.04. The molecule has 78 valence electrons. The van der Waals surface area contributed by atoms with E-state index in [1.807, 2.05) is 0 Å². The molecule has 0 fully saturated rings. The molecule has 0 radical (unpaired) electrons. The number of nitrogens with one attached hydrogen (secondary N) is 1. The van der Waals surface area contributed by atoms with Gasteiger partial charge in [-0.1, -0.05) is 13.8 Å². The van der Waals surface area contributed by atoms with Crippen LogP contribution in [0.25, 0.3) is 0 Å². The van der Waals surface area contributed by atoms with Gasteiger partial charge in [0, 0.05) is 5.54 Å². The molecule has 0 saturated carbocycles. The molecule has 1 aromatic heterocycles. The molecular formula is C10H18N4. The van der Waals surface area contributed by atoms with Crippen molar-refractivity contribution < 1.29 is 0 Å². The van der Waals surface area contributed by atoms with E-state index >= 15 is 0 Å². The molecule has 3 N–H and O–H groups in total. The van der Waals surface area contributed by atoms with Crippen LogP contribution in [0, 0.1) is 0 Å². The molecule has 0 spiro atoms. The Kier molecular flexibility index (Phi) is 3.28. The summed E-state index contributed by atoms with van der Waals surface area (Å²) < 4.78 is 0. The van der Waals surface area contributed by atoms with Gasteiger partial charge < -0.3 is 11.1 Å². The molecule has 0 amide bonds. The first-order valence-electron chi connectivity index (χ1n) is 4.95. The van der Waals surface area contributed by atoms with Crippen LogP contribution in [-0.2, 0) is 0 Å². The van der Waals surface area contributed by atoms with Gasteiger partial charge in [-0.25, -0.2) is 9.97 Å². The van der Waals surface area contributed by atoms with Gasteiger partial charge >= 0.3 is 0 Å². The van der Waals surface area contributed by atoms with Crippen LogP contribution < -0.4 is 11.1 Å². The van der Waals surface area contributed by atoms with Gasteiger partial charge in [-0.15, -0.1) is 0 Å². The van der Waals surface area contributed by atoms with Crippen LogP contribution >= 0.6 is 0 Å². The highest BCUT2D eigenvalue weighted by atomic mass is 15.1. The Labute approximate surface area is 85.0 Å². The Morgan fingerprint density at radius 2 is 2.07 bits per heavy atom. The second-order valence-electron chi connectivity index (χ2n) is 3.72. The molecule has 0 bridgehead atoms. The van der Waals surface area contributed by atoms with E-state index in [1.54, 1.807) is 6.20 Å². The van der Waals surface area contributed by atoms with E-state index in [0.29, 0.717) is 5.69 Å². The van der Waals surface area contributed by atoms with E-state index in [1.165, 1.54) is 6.33 Å². The van der Waals surface area contributed by atoms with Crippen LogP contribution in [0.15, 0.2) is 12.5 Å². The van der Waals surface area contributed by atoms with Crippen molar-refractivity contribution in [1.29, 1.82) is 0 Å². The smallest absolute Gasteiger partial charge is 0.153 e. The van der Waals surface area contributed by atoms with E-state index in [4.69, 9.17) is 5.73 Å². The van der Waals surface area contributed by atoms with E-state index in [2.05, 4.69) is 36.1 Å². The van der Waals surface area contributed by atoms with Crippen LogP contribution in [0.3, 0.4) is 0 Å². The van der Waals surface area contributed by atoms with Crippen molar-refractivity contribution in [1.82, 2.24) is 9.97 Å². The molecule has 0 aliphatic rings. The van der Waals surface area contributed by atoms with E-state index in [0.717, 1.165) is 18.7 Å². The average Bonchev–Trinajstić information content (AvgIpc) is 2.21. The van der Waals surface area contributed by atoms with Gasteiger partial charge in [0.1, 0.15) is 6.33 Å². The monoisotopic (exact) mass is 194 g/mol. The molecule has 0 saturated heterocycles.